The molecule has 1 aromatic carbocycles. The Kier molecular flexibility index (Phi) is 3.92. The van der Waals surface area contributed by atoms with Crippen molar-refractivity contribution in [2.75, 3.05) is 18.0 Å². The first-order chi connectivity index (χ1) is 9.70. The van der Waals surface area contributed by atoms with Gasteiger partial charge in [-0.3, -0.25) is 0 Å². The van der Waals surface area contributed by atoms with E-state index in [0.29, 0.717) is 30.5 Å². The third-order valence-electron chi connectivity index (χ3n) is 4.81. The second-order valence-corrected chi connectivity index (χ2v) is 6.04. The molecule has 2 N–H and O–H groups in total. The van der Waals surface area contributed by atoms with Gasteiger partial charge in [0.2, 0.25) is 0 Å². The molecule has 110 valence electrons. The van der Waals surface area contributed by atoms with Crippen LogP contribution >= 0.6 is 0 Å². The fourth-order valence-corrected chi connectivity index (χ4v) is 3.89. The van der Waals surface area contributed by atoms with Gasteiger partial charge in [-0.1, -0.05) is 12.8 Å². The molecule has 2 nitrogen and oxygen atoms in total. The molecule has 1 aliphatic carbocycles. The molecular formula is C16H22F2N2. The van der Waals surface area contributed by atoms with Gasteiger partial charge >= 0.3 is 0 Å². The summed E-state index contributed by atoms with van der Waals surface area (Å²) in [5.74, 6) is -0.245. The summed E-state index contributed by atoms with van der Waals surface area (Å²) in [6, 6.07) is 3.22. The number of fused-ring (bicyclic) bond motifs is 1. The average molecular weight is 280 g/mol. The highest BCUT2D eigenvalue weighted by Gasteiger charge is 2.37. The van der Waals surface area contributed by atoms with E-state index in [1.54, 1.807) is 0 Å². The van der Waals surface area contributed by atoms with Gasteiger partial charge in [-0.2, -0.15) is 0 Å². The van der Waals surface area contributed by atoms with Crippen LogP contribution in [0.2, 0.25) is 0 Å². The van der Waals surface area contributed by atoms with E-state index >= 15 is 0 Å². The Morgan fingerprint density at radius 3 is 2.50 bits per heavy atom. The quantitative estimate of drug-likeness (QED) is 0.921. The Labute approximate surface area is 118 Å². The zero-order chi connectivity index (χ0) is 14.1. The van der Waals surface area contributed by atoms with E-state index in [2.05, 4.69) is 0 Å². The van der Waals surface area contributed by atoms with Crippen LogP contribution in [0, 0.1) is 17.6 Å². The van der Waals surface area contributed by atoms with Crippen molar-refractivity contribution in [1.82, 2.24) is 0 Å². The van der Waals surface area contributed by atoms with Gasteiger partial charge in [0, 0.05) is 12.6 Å². The number of hydrogen-bond acceptors (Lipinski definition) is 2. The normalized spacial score (nSPS) is 25.9. The molecular weight excluding hydrogens is 258 g/mol. The van der Waals surface area contributed by atoms with E-state index in [4.69, 9.17) is 5.73 Å². The van der Waals surface area contributed by atoms with Crippen LogP contribution in [0.15, 0.2) is 12.1 Å². The van der Waals surface area contributed by atoms with Crippen molar-refractivity contribution in [1.29, 1.82) is 0 Å². The molecule has 1 aliphatic heterocycles. The second kappa shape index (κ2) is 5.68. The molecule has 2 atom stereocenters. The van der Waals surface area contributed by atoms with Crippen LogP contribution in [0.3, 0.4) is 0 Å². The SMILES string of the molecule is NCCc1cc(F)c(N2CCC3CCCCC32)c(F)c1. The lowest BCUT2D eigenvalue weighted by Crippen LogP contribution is -2.35. The van der Waals surface area contributed by atoms with Gasteiger partial charge in [-0.05, 0) is 55.8 Å². The molecule has 0 amide bonds. The van der Waals surface area contributed by atoms with Crippen molar-refractivity contribution in [3.8, 4) is 0 Å². The Morgan fingerprint density at radius 2 is 1.80 bits per heavy atom. The Bertz CT molecular complexity index is 466. The van der Waals surface area contributed by atoms with E-state index in [0.717, 1.165) is 19.4 Å². The molecule has 0 aromatic heterocycles. The van der Waals surface area contributed by atoms with Gasteiger partial charge in [0.05, 0.1) is 0 Å². The standard InChI is InChI=1S/C16H22F2N2/c17-13-9-11(5-7-19)10-14(18)16(13)20-8-6-12-3-1-2-4-15(12)20/h9-10,12,15H,1-8,19H2. The minimum absolute atomic E-state index is 0.181. The second-order valence-electron chi connectivity index (χ2n) is 6.04. The summed E-state index contributed by atoms with van der Waals surface area (Å²) in [4.78, 5) is 1.97. The lowest BCUT2D eigenvalue weighted by molar-refractivity contribution is 0.340. The molecule has 2 fully saturated rings. The summed E-state index contributed by atoms with van der Waals surface area (Å²) in [7, 11) is 0. The van der Waals surface area contributed by atoms with E-state index in [-0.39, 0.29) is 5.69 Å². The van der Waals surface area contributed by atoms with Gasteiger partial charge in [0.1, 0.15) is 17.3 Å². The van der Waals surface area contributed by atoms with E-state index in [1.807, 2.05) is 4.90 Å². The highest BCUT2D eigenvalue weighted by molar-refractivity contribution is 5.53. The largest absolute Gasteiger partial charge is 0.364 e. The van der Waals surface area contributed by atoms with Crippen LogP contribution in [0.4, 0.5) is 14.5 Å². The molecule has 2 aliphatic rings. The monoisotopic (exact) mass is 280 g/mol. The number of rotatable bonds is 3. The minimum Gasteiger partial charge on any atom is -0.364 e. The third-order valence-corrected chi connectivity index (χ3v) is 4.81. The van der Waals surface area contributed by atoms with Crippen molar-refractivity contribution in [2.45, 2.75) is 44.6 Å². The van der Waals surface area contributed by atoms with Crippen molar-refractivity contribution < 1.29 is 8.78 Å². The van der Waals surface area contributed by atoms with Crippen molar-refractivity contribution in [3.63, 3.8) is 0 Å². The molecule has 20 heavy (non-hydrogen) atoms. The molecule has 4 heteroatoms. The van der Waals surface area contributed by atoms with Crippen LogP contribution in [-0.4, -0.2) is 19.1 Å². The van der Waals surface area contributed by atoms with Crippen LogP contribution in [-0.2, 0) is 6.42 Å². The fraction of sp³-hybridized carbons (Fsp3) is 0.625. The zero-order valence-electron chi connectivity index (χ0n) is 11.7. The molecule has 3 rings (SSSR count). The van der Waals surface area contributed by atoms with E-state index in [9.17, 15) is 8.78 Å². The Balaban J connectivity index is 1.90. The maximum atomic E-state index is 14.3. The van der Waals surface area contributed by atoms with Crippen molar-refractivity contribution in [2.24, 2.45) is 11.7 Å². The average Bonchev–Trinajstić information content (AvgIpc) is 2.83. The number of benzene rings is 1. The third kappa shape index (κ3) is 2.41. The van der Waals surface area contributed by atoms with Crippen LogP contribution in [0.5, 0.6) is 0 Å². The lowest BCUT2D eigenvalue weighted by atomic mass is 9.85. The van der Waals surface area contributed by atoms with Gasteiger partial charge in [0.25, 0.3) is 0 Å². The number of nitrogens with two attached hydrogens (primary N) is 1. The first-order valence-electron chi connectivity index (χ1n) is 7.65. The maximum Gasteiger partial charge on any atom is 0.149 e. The summed E-state index contributed by atoms with van der Waals surface area (Å²) >= 11 is 0. The predicted octanol–water partition coefficient (Wildman–Crippen LogP) is 3.23. The van der Waals surface area contributed by atoms with Crippen molar-refractivity contribution >= 4 is 5.69 Å². The summed E-state index contributed by atoms with van der Waals surface area (Å²) in [5, 5.41) is 0. The fourth-order valence-electron chi connectivity index (χ4n) is 3.89. The van der Waals surface area contributed by atoms with Crippen LogP contribution in [0.1, 0.15) is 37.7 Å². The van der Waals surface area contributed by atoms with Gasteiger partial charge in [-0.25, -0.2) is 8.78 Å². The molecule has 2 unspecified atom stereocenters. The van der Waals surface area contributed by atoms with Gasteiger partial charge in [-0.15, -0.1) is 0 Å². The summed E-state index contributed by atoms with van der Waals surface area (Å²) < 4.78 is 28.6. The minimum atomic E-state index is -0.431. The van der Waals surface area contributed by atoms with Crippen LogP contribution in [0.25, 0.3) is 0 Å². The van der Waals surface area contributed by atoms with E-state index in [1.165, 1.54) is 31.4 Å². The van der Waals surface area contributed by atoms with Crippen molar-refractivity contribution in [3.05, 3.63) is 29.3 Å². The zero-order valence-corrected chi connectivity index (χ0v) is 11.7. The number of anilines is 1. The highest BCUT2D eigenvalue weighted by Crippen LogP contribution is 2.40. The molecule has 1 saturated carbocycles. The molecule has 1 heterocycles. The topological polar surface area (TPSA) is 29.3 Å². The molecule has 0 radical (unpaired) electrons. The predicted molar refractivity (Wildman–Crippen MR) is 76.8 cm³/mol. The molecule has 1 saturated heterocycles. The summed E-state index contributed by atoms with van der Waals surface area (Å²) in [6.45, 7) is 1.19. The summed E-state index contributed by atoms with van der Waals surface area (Å²) in [6.07, 6.45) is 6.28. The molecule has 0 bridgehead atoms. The van der Waals surface area contributed by atoms with E-state index < -0.39 is 11.6 Å². The Hall–Kier alpha value is -1.16. The molecule has 0 spiro atoms. The number of nitrogens with zero attached hydrogens (tertiary/aromatic N) is 1. The first kappa shape index (κ1) is 13.8. The van der Waals surface area contributed by atoms with Gasteiger partial charge < -0.3 is 10.6 Å². The number of halogens is 2. The van der Waals surface area contributed by atoms with Crippen LogP contribution < -0.4 is 10.6 Å². The van der Waals surface area contributed by atoms with Gasteiger partial charge in [0.15, 0.2) is 0 Å². The first-order valence-corrected chi connectivity index (χ1v) is 7.65. The molecule has 1 aromatic rings. The number of hydrogen-bond donors (Lipinski definition) is 1. The smallest absolute Gasteiger partial charge is 0.149 e. The lowest BCUT2D eigenvalue weighted by Gasteiger charge is -2.33. The maximum absolute atomic E-state index is 14.3. The summed E-state index contributed by atoms with van der Waals surface area (Å²) in [5.41, 5.74) is 6.28. The highest BCUT2D eigenvalue weighted by atomic mass is 19.1. The Morgan fingerprint density at radius 1 is 1.10 bits per heavy atom.